The number of aryl methyl sites for hydroxylation is 1. The van der Waals surface area contributed by atoms with Crippen molar-refractivity contribution in [3.8, 4) is 0 Å². The Morgan fingerprint density at radius 2 is 2.00 bits per heavy atom. The summed E-state index contributed by atoms with van der Waals surface area (Å²) >= 11 is 3.59. The summed E-state index contributed by atoms with van der Waals surface area (Å²) in [6.45, 7) is 4.71. The predicted molar refractivity (Wildman–Crippen MR) is 114 cm³/mol. The number of amides is 2. The Labute approximate surface area is 168 Å². The van der Waals surface area contributed by atoms with Gasteiger partial charge < -0.3 is 10.2 Å². The van der Waals surface area contributed by atoms with E-state index in [0.717, 1.165) is 31.1 Å². The first-order valence-electron chi connectivity index (χ1n) is 9.01. The third kappa shape index (κ3) is 5.57. The lowest BCUT2D eigenvalue weighted by molar-refractivity contribution is -0.117. The number of benzene rings is 1. The Balaban J connectivity index is 1.56. The van der Waals surface area contributed by atoms with Crippen molar-refractivity contribution in [3.05, 3.63) is 51.7 Å². The Bertz CT molecular complexity index is 800. The molecule has 1 aliphatic heterocycles. The molecule has 1 N–H and O–H groups in total. The highest BCUT2D eigenvalue weighted by Crippen LogP contribution is 2.18. The molecule has 1 saturated heterocycles. The fourth-order valence-corrected chi connectivity index (χ4v) is 4.88. The summed E-state index contributed by atoms with van der Waals surface area (Å²) in [5.41, 5.74) is 2.55. The number of thioether (sulfide) groups is 1. The molecule has 1 aromatic carbocycles. The monoisotopic (exact) mass is 403 g/mol. The number of hydrogen-bond donors (Lipinski definition) is 1. The van der Waals surface area contributed by atoms with E-state index >= 15 is 0 Å². The normalized spacial score (nSPS) is 14.4. The van der Waals surface area contributed by atoms with Gasteiger partial charge in [-0.2, -0.15) is 11.8 Å². The summed E-state index contributed by atoms with van der Waals surface area (Å²) in [5.74, 6) is 1.93. The lowest BCUT2D eigenvalue weighted by Gasteiger charge is -2.26. The van der Waals surface area contributed by atoms with Crippen molar-refractivity contribution in [2.45, 2.75) is 13.5 Å². The molecule has 0 spiro atoms. The molecule has 1 fully saturated rings. The van der Waals surface area contributed by atoms with Crippen LogP contribution in [0.4, 0.5) is 5.69 Å². The van der Waals surface area contributed by atoms with Crippen molar-refractivity contribution in [1.82, 2.24) is 9.80 Å². The van der Waals surface area contributed by atoms with E-state index in [0.29, 0.717) is 17.8 Å². The average molecular weight is 404 g/mol. The van der Waals surface area contributed by atoms with Crippen LogP contribution in [0.3, 0.4) is 0 Å². The topological polar surface area (TPSA) is 52.7 Å². The van der Waals surface area contributed by atoms with Crippen molar-refractivity contribution < 1.29 is 9.59 Å². The molecular weight excluding hydrogens is 378 g/mol. The molecule has 3 rings (SSSR count). The third-order valence-electron chi connectivity index (χ3n) is 4.49. The Morgan fingerprint density at radius 1 is 1.22 bits per heavy atom. The molecule has 0 saturated carbocycles. The van der Waals surface area contributed by atoms with Gasteiger partial charge in [0.05, 0.1) is 6.54 Å². The number of anilines is 1. The van der Waals surface area contributed by atoms with Gasteiger partial charge in [0.1, 0.15) is 0 Å². The standard InChI is InChI=1S/C20H25N3O2S2/c1-15-6-9-27-18(15)13-22(2)14-19(24)21-17-5-3-4-16(12-17)20(25)23-7-10-26-11-8-23/h3-6,9,12H,7-8,10-11,13-14H2,1-2H3,(H,21,24). The second-order valence-corrected chi connectivity index (χ2v) is 8.96. The molecule has 5 nitrogen and oxygen atoms in total. The Hall–Kier alpha value is -1.83. The van der Waals surface area contributed by atoms with Crippen LogP contribution in [0.5, 0.6) is 0 Å². The SMILES string of the molecule is Cc1ccsc1CN(C)CC(=O)Nc1cccc(C(=O)N2CCSCC2)c1. The van der Waals surface area contributed by atoms with Crippen LogP contribution >= 0.6 is 23.1 Å². The summed E-state index contributed by atoms with van der Waals surface area (Å²) < 4.78 is 0. The Morgan fingerprint density at radius 3 is 2.70 bits per heavy atom. The second kappa shape index (κ2) is 9.39. The van der Waals surface area contributed by atoms with Crippen LogP contribution in [-0.2, 0) is 11.3 Å². The van der Waals surface area contributed by atoms with Gasteiger partial charge >= 0.3 is 0 Å². The van der Waals surface area contributed by atoms with Crippen molar-refractivity contribution in [2.75, 3.05) is 43.5 Å². The van der Waals surface area contributed by atoms with E-state index < -0.39 is 0 Å². The highest BCUT2D eigenvalue weighted by atomic mass is 32.2. The van der Waals surface area contributed by atoms with Crippen molar-refractivity contribution in [3.63, 3.8) is 0 Å². The summed E-state index contributed by atoms with van der Waals surface area (Å²) in [6.07, 6.45) is 0. The quantitative estimate of drug-likeness (QED) is 0.804. The van der Waals surface area contributed by atoms with E-state index in [1.54, 1.807) is 17.4 Å². The maximum atomic E-state index is 12.6. The first-order valence-corrected chi connectivity index (χ1v) is 11.0. The first kappa shape index (κ1) is 19.9. The van der Waals surface area contributed by atoms with E-state index in [1.165, 1.54) is 10.4 Å². The molecule has 0 bridgehead atoms. The fraction of sp³-hybridized carbons (Fsp3) is 0.400. The number of carbonyl (C=O) groups excluding carboxylic acids is 2. The van der Waals surface area contributed by atoms with Gasteiger partial charge in [0, 0.05) is 47.3 Å². The van der Waals surface area contributed by atoms with Crippen molar-refractivity contribution >= 4 is 40.6 Å². The van der Waals surface area contributed by atoms with E-state index in [4.69, 9.17) is 0 Å². The molecule has 2 heterocycles. The summed E-state index contributed by atoms with van der Waals surface area (Å²) in [6, 6.07) is 9.32. The number of hydrogen-bond acceptors (Lipinski definition) is 5. The van der Waals surface area contributed by atoms with Gasteiger partial charge in [0.25, 0.3) is 5.91 Å². The largest absolute Gasteiger partial charge is 0.337 e. The van der Waals surface area contributed by atoms with Crippen LogP contribution in [0.15, 0.2) is 35.7 Å². The zero-order chi connectivity index (χ0) is 19.2. The van der Waals surface area contributed by atoms with Crippen LogP contribution < -0.4 is 5.32 Å². The molecule has 27 heavy (non-hydrogen) atoms. The molecule has 0 atom stereocenters. The maximum absolute atomic E-state index is 12.6. The van der Waals surface area contributed by atoms with Gasteiger partial charge in [-0.05, 0) is 49.2 Å². The zero-order valence-electron chi connectivity index (χ0n) is 15.7. The number of rotatable bonds is 6. The van der Waals surface area contributed by atoms with Gasteiger partial charge in [-0.15, -0.1) is 11.3 Å². The smallest absolute Gasteiger partial charge is 0.253 e. The van der Waals surface area contributed by atoms with E-state index in [9.17, 15) is 9.59 Å². The van der Waals surface area contributed by atoms with Crippen LogP contribution in [-0.4, -0.2) is 59.8 Å². The minimum atomic E-state index is -0.0781. The molecule has 0 unspecified atom stereocenters. The van der Waals surface area contributed by atoms with Gasteiger partial charge in [-0.25, -0.2) is 0 Å². The minimum absolute atomic E-state index is 0.0386. The molecule has 2 amide bonds. The van der Waals surface area contributed by atoms with Gasteiger partial charge in [-0.1, -0.05) is 6.07 Å². The minimum Gasteiger partial charge on any atom is -0.337 e. The number of thiophene rings is 1. The van der Waals surface area contributed by atoms with Gasteiger partial charge in [-0.3, -0.25) is 14.5 Å². The molecule has 7 heteroatoms. The van der Waals surface area contributed by atoms with E-state index in [2.05, 4.69) is 23.7 Å². The fourth-order valence-electron chi connectivity index (χ4n) is 2.99. The lowest BCUT2D eigenvalue weighted by atomic mass is 10.1. The van der Waals surface area contributed by atoms with Crippen LogP contribution in [0.1, 0.15) is 20.8 Å². The van der Waals surface area contributed by atoms with E-state index in [1.807, 2.05) is 46.8 Å². The number of nitrogens with one attached hydrogen (secondary N) is 1. The number of likely N-dealkylation sites (N-methyl/N-ethyl adjacent to an activating group) is 1. The van der Waals surface area contributed by atoms with Crippen LogP contribution in [0.2, 0.25) is 0 Å². The summed E-state index contributed by atoms with van der Waals surface area (Å²) in [7, 11) is 1.94. The molecular formula is C20H25N3O2S2. The number of nitrogens with zero attached hydrogens (tertiary/aromatic N) is 2. The molecule has 1 aliphatic rings. The van der Waals surface area contributed by atoms with Crippen LogP contribution in [0.25, 0.3) is 0 Å². The van der Waals surface area contributed by atoms with Gasteiger partial charge in [0.15, 0.2) is 0 Å². The summed E-state index contributed by atoms with van der Waals surface area (Å²) in [5, 5.41) is 4.98. The third-order valence-corrected chi connectivity index (χ3v) is 6.44. The van der Waals surface area contributed by atoms with Gasteiger partial charge in [0.2, 0.25) is 5.91 Å². The molecule has 1 aromatic heterocycles. The van der Waals surface area contributed by atoms with Crippen molar-refractivity contribution in [1.29, 1.82) is 0 Å². The molecule has 144 valence electrons. The first-order chi connectivity index (χ1) is 13.0. The van der Waals surface area contributed by atoms with Crippen molar-refractivity contribution in [2.24, 2.45) is 0 Å². The maximum Gasteiger partial charge on any atom is 0.253 e. The number of carbonyl (C=O) groups is 2. The molecule has 0 radical (unpaired) electrons. The van der Waals surface area contributed by atoms with Crippen LogP contribution in [0, 0.1) is 6.92 Å². The average Bonchev–Trinajstić information content (AvgIpc) is 3.06. The zero-order valence-corrected chi connectivity index (χ0v) is 17.4. The molecule has 2 aromatic rings. The summed E-state index contributed by atoms with van der Waals surface area (Å²) in [4.78, 5) is 30.1. The Kier molecular flexibility index (Phi) is 6.93. The highest BCUT2D eigenvalue weighted by Gasteiger charge is 2.19. The van der Waals surface area contributed by atoms with E-state index in [-0.39, 0.29) is 11.8 Å². The predicted octanol–water partition coefficient (Wildman–Crippen LogP) is 3.32. The lowest BCUT2D eigenvalue weighted by Crippen LogP contribution is -2.37. The second-order valence-electron chi connectivity index (χ2n) is 6.73. The molecule has 0 aliphatic carbocycles. The highest BCUT2D eigenvalue weighted by molar-refractivity contribution is 7.99.